The lowest BCUT2D eigenvalue weighted by molar-refractivity contribution is -0.126. The molecule has 0 aromatic heterocycles. The molecule has 1 aromatic carbocycles. The fourth-order valence-corrected chi connectivity index (χ4v) is 5.24. The number of fused-ring (bicyclic) bond motifs is 5. The van der Waals surface area contributed by atoms with Crippen molar-refractivity contribution >= 4 is 16.2 Å². The third kappa shape index (κ3) is 2.40. The molecule has 0 radical (unpaired) electrons. The van der Waals surface area contributed by atoms with Crippen molar-refractivity contribution in [3.05, 3.63) is 41.0 Å². The Morgan fingerprint density at radius 2 is 2.08 bits per heavy atom. The standard InChI is InChI=1S/C18H20O5S/c1-18-9-8-14-13-5-3-12(23-24(20,21)22)10-11(13)2-4-15(14)16(18)6-7-17(18)19/h3-5,10,14,16H,2,6-9H2,1H3,(H,20,21,22)/t14?,16-,18-/m0/s1. The number of ketones is 1. The Kier molecular flexibility index (Phi) is 3.41. The number of carbonyl (C=O) groups is 1. The maximum Gasteiger partial charge on any atom is 0.446 e. The van der Waals surface area contributed by atoms with Crippen LogP contribution in [0.2, 0.25) is 0 Å². The minimum atomic E-state index is -4.51. The molecule has 1 aromatic rings. The number of hydrogen-bond donors (Lipinski definition) is 1. The Balaban J connectivity index is 1.68. The average molecular weight is 348 g/mol. The molecule has 5 nitrogen and oxygen atoms in total. The number of Topliss-reactive ketones (excluding diaryl/α,β-unsaturated/α-hetero) is 1. The van der Waals surface area contributed by atoms with Crippen LogP contribution in [-0.2, 0) is 21.6 Å². The highest BCUT2D eigenvalue weighted by atomic mass is 32.3. The lowest BCUT2D eigenvalue weighted by Gasteiger charge is -2.43. The Labute approximate surface area is 141 Å². The molecule has 2 saturated carbocycles. The zero-order valence-electron chi connectivity index (χ0n) is 13.5. The van der Waals surface area contributed by atoms with Crippen LogP contribution < -0.4 is 4.18 Å². The quantitative estimate of drug-likeness (QED) is 0.656. The second-order valence-electron chi connectivity index (χ2n) is 7.30. The maximum absolute atomic E-state index is 12.3. The van der Waals surface area contributed by atoms with E-state index >= 15 is 0 Å². The largest absolute Gasteiger partial charge is 0.446 e. The predicted molar refractivity (Wildman–Crippen MR) is 88.2 cm³/mol. The highest BCUT2D eigenvalue weighted by Crippen LogP contribution is 2.57. The van der Waals surface area contributed by atoms with Crippen molar-refractivity contribution in [2.45, 2.75) is 44.9 Å². The van der Waals surface area contributed by atoms with Crippen LogP contribution in [0.4, 0.5) is 0 Å². The first-order chi connectivity index (χ1) is 11.3. The monoisotopic (exact) mass is 348 g/mol. The Morgan fingerprint density at radius 1 is 1.29 bits per heavy atom. The van der Waals surface area contributed by atoms with Crippen molar-refractivity contribution < 1.29 is 21.9 Å². The summed E-state index contributed by atoms with van der Waals surface area (Å²) in [4.78, 5) is 12.3. The summed E-state index contributed by atoms with van der Waals surface area (Å²) in [5.74, 6) is 1.17. The van der Waals surface area contributed by atoms with E-state index in [9.17, 15) is 13.2 Å². The molecule has 0 heterocycles. The Morgan fingerprint density at radius 3 is 2.83 bits per heavy atom. The van der Waals surface area contributed by atoms with Gasteiger partial charge < -0.3 is 4.18 Å². The summed E-state index contributed by atoms with van der Waals surface area (Å²) >= 11 is 0. The van der Waals surface area contributed by atoms with Gasteiger partial charge in [-0.1, -0.05) is 24.6 Å². The minimum Gasteiger partial charge on any atom is -0.362 e. The Bertz CT molecular complexity index is 854. The molecule has 128 valence electrons. The third-order valence-electron chi connectivity index (χ3n) is 6.07. The van der Waals surface area contributed by atoms with E-state index in [0.717, 1.165) is 24.8 Å². The van der Waals surface area contributed by atoms with Crippen LogP contribution in [0, 0.1) is 11.3 Å². The molecule has 24 heavy (non-hydrogen) atoms. The number of rotatable bonds is 2. The van der Waals surface area contributed by atoms with Gasteiger partial charge in [-0.3, -0.25) is 9.35 Å². The van der Waals surface area contributed by atoms with Crippen LogP contribution >= 0.6 is 0 Å². The molecular formula is C18H20O5S. The fourth-order valence-electron chi connectivity index (χ4n) is 4.90. The molecule has 0 saturated heterocycles. The van der Waals surface area contributed by atoms with Gasteiger partial charge in [0.15, 0.2) is 0 Å². The van der Waals surface area contributed by atoms with Gasteiger partial charge in [0, 0.05) is 17.8 Å². The first-order valence-corrected chi connectivity index (χ1v) is 9.67. The normalized spacial score (nSPS) is 31.8. The van der Waals surface area contributed by atoms with Crippen molar-refractivity contribution in [2.24, 2.45) is 11.3 Å². The molecule has 0 amide bonds. The first-order valence-electron chi connectivity index (χ1n) is 8.31. The maximum atomic E-state index is 12.3. The van der Waals surface area contributed by atoms with Crippen molar-refractivity contribution in [3.63, 3.8) is 0 Å². The molecule has 0 aliphatic heterocycles. The van der Waals surface area contributed by atoms with Crippen molar-refractivity contribution in [3.8, 4) is 5.75 Å². The van der Waals surface area contributed by atoms with Crippen LogP contribution in [0.5, 0.6) is 5.75 Å². The summed E-state index contributed by atoms with van der Waals surface area (Å²) < 4.78 is 35.1. The van der Waals surface area contributed by atoms with Gasteiger partial charge in [-0.05, 0) is 54.9 Å². The average Bonchev–Trinajstić information content (AvgIpc) is 2.81. The van der Waals surface area contributed by atoms with E-state index in [0.29, 0.717) is 30.5 Å². The van der Waals surface area contributed by atoms with Crippen LogP contribution in [-0.4, -0.2) is 18.8 Å². The van der Waals surface area contributed by atoms with E-state index in [4.69, 9.17) is 4.55 Å². The molecule has 4 rings (SSSR count). The van der Waals surface area contributed by atoms with Gasteiger partial charge in [0.1, 0.15) is 11.5 Å². The summed E-state index contributed by atoms with van der Waals surface area (Å²) in [6.45, 7) is 2.11. The molecule has 1 N–H and O–H groups in total. The van der Waals surface area contributed by atoms with Crippen LogP contribution in [0.25, 0.3) is 0 Å². The van der Waals surface area contributed by atoms with E-state index in [1.54, 1.807) is 12.1 Å². The van der Waals surface area contributed by atoms with Crippen molar-refractivity contribution in [2.75, 3.05) is 0 Å². The summed E-state index contributed by atoms with van der Waals surface area (Å²) in [7, 11) is -4.51. The van der Waals surface area contributed by atoms with Crippen molar-refractivity contribution in [1.29, 1.82) is 0 Å². The summed E-state index contributed by atoms with van der Waals surface area (Å²) in [6, 6.07) is 5.17. The second kappa shape index (κ2) is 5.17. The van der Waals surface area contributed by atoms with E-state index in [2.05, 4.69) is 17.2 Å². The molecule has 1 unspecified atom stereocenters. The number of allylic oxidation sites excluding steroid dienone is 2. The van der Waals surface area contributed by atoms with Crippen molar-refractivity contribution in [1.82, 2.24) is 0 Å². The molecular weight excluding hydrogens is 328 g/mol. The summed E-state index contributed by atoms with van der Waals surface area (Å²) in [5, 5.41) is 0. The second-order valence-corrected chi connectivity index (χ2v) is 8.33. The highest BCUT2D eigenvalue weighted by molar-refractivity contribution is 7.81. The summed E-state index contributed by atoms with van der Waals surface area (Å²) in [6.07, 6.45) is 6.38. The van der Waals surface area contributed by atoms with Gasteiger partial charge >= 0.3 is 10.4 Å². The minimum absolute atomic E-state index is 0.129. The number of benzene rings is 1. The van der Waals surface area contributed by atoms with Crippen LogP contribution in [0.1, 0.15) is 49.7 Å². The molecule has 0 spiro atoms. The van der Waals surface area contributed by atoms with Gasteiger partial charge in [0.2, 0.25) is 0 Å². The van der Waals surface area contributed by atoms with E-state index in [1.807, 2.05) is 6.07 Å². The third-order valence-corrected chi connectivity index (χ3v) is 6.48. The topological polar surface area (TPSA) is 80.7 Å². The molecule has 3 atom stereocenters. The smallest absolute Gasteiger partial charge is 0.362 e. The van der Waals surface area contributed by atoms with Crippen LogP contribution in [0.15, 0.2) is 29.8 Å². The van der Waals surface area contributed by atoms with Gasteiger partial charge in [-0.2, -0.15) is 8.42 Å². The first kappa shape index (κ1) is 15.8. The lowest BCUT2D eigenvalue weighted by Crippen LogP contribution is -2.37. The predicted octanol–water partition coefficient (Wildman–Crippen LogP) is 3.21. The van der Waals surface area contributed by atoms with Gasteiger partial charge in [0.25, 0.3) is 0 Å². The molecule has 2 fully saturated rings. The zero-order valence-corrected chi connectivity index (χ0v) is 14.3. The number of carbonyl (C=O) groups excluding carboxylic acids is 1. The molecule has 6 heteroatoms. The molecule has 3 aliphatic carbocycles. The van der Waals surface area contributed by atoms with Crippen LogP contribution in [0.3, 0.4) is 0 Å². The number of hydrogen-bond acceptors (Lipinski definition) is 4. The fraction of sp³-hybridized carbons (Fsp3) is 0.500. The highest BCUT2D eigenvalue weighted by Gasteiger charge is 2.52. The molecule has 3 aliphatic rings. The van der Waals surface area contributed by atoms with E-state index in [-0.39, 0.29) is 11.2 Å². The lowest BCUT2D eigenvalue weighted by atomic mass is 9.60. The van der Waals surface area contributed by atoms with E-state index < -0.39 is 10.4 Å². The van der Waals surface area contributed by atoms with Gasteiger partial charge in [-0.15, -0.1) is 0 Å². The van der Waals surface area contributed by atoms with E-state index in [1.165, 1.54) is 11.1 Å². The zero-order chi connectivity index (χ0) is 17.1. The van der Waals surface area contributed by atoms with Gasteiger partial charge in [0.05, 0.1) is 0 Å². The molecule has 0 bridgehead atoms. The summed E-state index contributed by atoms with van der Waals surface area (Å²) in [5.41, 5.74) is 3.40. The Hall–Kier alpha value is -1.66. The SMILES string of the molecule is C[C@]12CCC3C(=CCc4cc(OS(=O)(=O)O)ccc43)[C@@H]1CCC2=O. The van der Waals surface area contributed by atoms with Gasteiger partial charge in [-0.25, -0.2) is 0 Å².